The largest absolute Gasteiger partial charge is 0.333 e. The van der Waals surface area contributed by atoms with Gasteiger partial charge in [0.05, 0.1) is 17.8 Å². The summed E-state index contributed by atoms with van der Waals surface area (Å²) in [5.74, 6) is -1.62. The van der Waals surface area contributed by atoms with Gasteiger partial charge >= 0.3 is 5.97 Å². The maximum atomic E-state index is 12.3. The lowest BCUT2D eigenvalue weighted by atomic mass is 9.98. The molecule has 0 N–H and O–H groups in total. The Morgan fingerprint density at radius 2 is 1.53 bits per heavy atom. The number of hydrogen-bond donors (Lipinski definition) is 0. The molecule has 2 unspecified atom stereocenters. The van der Waals surface area contributed by atoms with Crippen LogP contribution < -0.4 is 0 Å². The number of hydroxylamine groups is 2. The summed E-state index contributed by atoms with van der Waals surface area (Å²) in [7, 11) is 0. The van der Waals surface area contributed by atoms with Crippen LogP contribution in [0, 0.1) is 5.92 Å². The number of carbonyl (C=O) groups excluding carboxylic acids is 3. The topological polar surface area (TPSA) is 92.7 Å². The maximum absolute atomic E-state index is 12.3. The highest BCUT2D eigenvalue weighted by Crippen LogP contribution is 2.21. The van der Waals surface area contributed by atoms with Gasteiger partial charge in [0.15, 0.2) is 0 Å². The van der Waals surface area contributed by atoms with Crippen molar-refractivity contribution in [3.63, 3.8) is 0 Å². The van der Waals surface area contributed by atoms with E-state index in [2.05, 4.69) is 14.9 Å². The van der Waals surface area contributed by atoms with Crippen molar-refractivity contribution in [3.8, 4) is 0 Å². The van der Waals surface area contributed by atoms with Crippen LogP contribution in [-0.4, -0.2) is 43.8 Å². The van der Waals surface area contributed by atoms with E-state index in [0.717, 1.165) is 11.4 Å². The van der Waals surface area contributed by atoms with Crippen molar-refractivity contribution in [2.75, 3.05) is 0 Å². The summed E-state index contributed by atoms with van der Waals surface area (Å²) in [6.45, 7) is 5.18. The molecule has 3 heterocycles. The lowest BCUT2D eigenvalue weighted by Gasteiger charge is -2.32. The van der Waals surface area contributed by atoms with Crippen LogP contribution in [0.5, 0.6) is 0 Å². The van der Waals surface area contributed by atoms with Gasteiger partial charge in [-0.3, -0.25) is 24.5 Å². The second-order valence-corrected chi connectivity index (χ2v) is 7.51. The lowest BCUT2D eigenvalue weighted by Crippen LogP contribution is -2.39. The molecule has 1 fully saturated rings. The van der Waals surface area contributed by atoms with Gasteiger partial charge in [0, 0.05) is 44.4 Å². The van der Waals surface area contributed by atoms with Gasteiger partial charge in [-0.25, -0.2) is 4.79 Å². The minimum atomic E-state index is -0.589. The molecule has 0 aromatic carbocycles. The number of pyridine rings is 2. The number of nitrogens with zero attached hydrogens (tertiary/aromatic N) is 4. The Hall–Kier alpha value is -3.13. The average molecular weight is 410 g/mol. The highest BCUT2D eigenvalue weighted by atomic mass is 16.7. The Kier molecular flexibility index (Phi) is 7.24. The molecule has 30 heavy (non-hydrogen) atoms. The van der Waals surface area contributed by atoms with Crippen LogP contribution in [0.2, 0.25) is 0 Å². The third-order valence-corrected chi connectivity index (χ3v) is 5.27. The van der Waals surface area contributed by atoms with E-state index in [0.29, 0.717) is 18.2 Å². The van der Waals surface area contributed by atoms with Gasteiger partial charge in [-0.2, -0.15) is 0 Å². The first-order valence-electron chi connectivity index (χ1n) is 10.0. The van der Waals surface area contributed by atoms with E-state index in [4.69, 9.17) is 4.84 Å². The summed E-state index contributed by atoms with van der Waals surface area (Å²) in [6.07, 6.45) is 3.76. The molecule has 0 saturated carbocycles. The Morgan fingerprint density at radius 3 is 2.00 bits per heavy atom. The molecular weight excluding hydrogens is 384 g/mol. The molecule has 2 atom stereocenters. The van der Waals surface area contributed by atoms with Gasteiger partial charge in [-0.1, -0.05) is 19.1 Å². The minimum Gasteiger partial charge on any atom is -0.330 e. The number of rotatable bonds is 9. The zero-order chi connectivity index (χ0) is 21.5. The first-order valence-corrected chi connectivity index (χ1v) is 10.0. The van der Waals surface area contributed by atoms with E-state index >= 15 is 0 Å². The van der Waals surface area contributed by atoms with Crippen molar-refractivity contribution in [2.45, 2.75) is 52.2 Å². The average Bonchev–Trinajstić information content (AvgIpc) is 3.06. The molecule has 0 aliphatic carbocycles. The van der Waals surface area contributed by atoms with E-state index < -0.39 is 17.8 Å². The highest BCUT2D eigenvalue weighted by molar-refractivity contribution is 6.01. The molecule has 0 bridgehead atoms. The number of carbonyl (C=O) groups is 3. The van der Waals surface area contributed by atoms with Crippen molar-refractivity contribution in [3.05, 3.63) is 60.2 Å². The second-order valence-electron chi connectivity index (χ2n) is 7.51. The van der Waals surface area contributed by atoms with Crippen LogP contribution in [0.4, 0.5) is 0 Å². The molecule has 0 spiro atoms. The fourth-order valence-corrected chi connectivity index (χ4v) is 3.33. The second kappa shape index (κ2) is 10.1. The zero-order valence-electron chi connectivity index (χ0n) is 17.2. The van der Waals surface area contributed by atoms with Gasteiger partial charge in [0.2, 0.25) is 0 Å². The molecule has 0 radical (unpaired) electrons. The first kappa shape index (κ1) is 21.6. The van der Waals surface area contributed by atoms with Crippen molar-refractivity contribution in [1.82, 2.24) is 19.9 Å². The number of amides is 2. The first-order chi connectivity index (χ1) is 14.4. The van der Waals surface area contributed by atoms with E-state index in [9.17, 15) is 14.4 Å². The van der Waals surface area contributed by atoms with E-state index in [1.165, 1.54) is 0 Å². The number of aromatic nitrogens is 2. The Labute approximate surface area is 175 Å². The molecule has 158 valence electrons. The van der Waals surface area contributed by atoms with E-state index in [-0.39, 0.29) is 31.2 Å². The van der Waals surface area contributed by atoms with E-state index in [1.807, 2.05) is 50.2 Å². The Bertz CT molecular complexity index is 818. The fraction of sp³-hybridized carbons (Fsp3) is 0.409. The molecule has 2 amide bonds. The van der Waals surface area contributed by atoms with Gasteiger partial charge in [0.25, 0.3) is 11.8 Å². The summed E-state index contributed by atoms with van der Waals surface area (Å²) in [5, 5.41) is 0.596. The quantitative estimate of drug-likeness (QED) is 0.587. The van der Waals surface area contributed by atoms with Gasteiger partial charge in [0.1, 0.15) is 0 Å². The maximum Gasteiger partial charge on any atom is 0.333 e. The van der Waals surface area contributed by atoms with Crippen molar-refractivity contribution in [1.29, 1.82) is 0 Å². The third kappa shape index (κ3) is 5.70. The molecule has 1 aliphatic rings. The summed E-state index contributed by atoms with van der Waals surface area (Å²) in [5.41, 5.74) is 1.84. The van der Waals surface area contributed by atoms with Crippen LogP contribution in [0.25, 0.3) is 0 Å². The molecule has 1 saturated heterocycles. The molecular formula is C22H26N4O4. The van der Waals surface area contributed by atoms with Gasteiger partial charge in [-0.15, -0.1) is 5.06 Å². The van der Waals surface area contributed by atoms with Crippen LogP contribution in [0.15, 0.2) is 48.8 Å². The Morgan fingerprint density at radius 1 is 1.00 bits per heavy atom. The van der Waals surface area contributed by atoms with Crippen LogP contribution >= 0.6 is 0 Å². The van der Waals surface area contributed by atoms with Gasteiger partial charge in [-0.05, 0) is 37.1 Å². The van der Waals surface area contributed by atoms with Crippen LogP contribution in [0.1, 0.15) is 44.5 Å². The van der Waals surface area contributed by atoms with Crippen molar-refractivity contribution in [2.24, 2.45) is 5.92 Å². The van der Waals surface area contributed by atoms with Crippen molar-refractivity contribution >= 4 is 17.8 Å². The normalized spacial score (nSPS) is 16.0. The SMILES string of the molecule is CC(CC(=O)ON1C(=O)CCC1=O)C(C)N(Cc1ccccn1)Cc1ccccn1. The smallest absolute Gasteiger partial charge is 0.330 e. The zero-order valence-corrected chi connectivity index (χ0v) is 17.2. The number of imide groups is 1. The molecule has 2 aromatic heterocycles. The predicted octanol–water partition coefficient (Wildman–Crippen LogP) is 2.50. The lowest BCUT2D eigenvalue weighted by molar-refractivity contribution is -0.198. The fourth-order valence-electron chi connectivity index (χ4n) is 3.33. The predicted molar refractivity (Wildman–Crippen MR) is 108 cm³/mol. The summed E-state index contributed by atoms with van der Waals surface area (Å²) >= 11 is 0. The number of hydrogen-bond acceptors (Lipinski definition) is 7. The summed E-state index contributed by atoms with van der Waals surface area (Å²) < 4.78 is 0. The molecule has 2 aromatic rings. The third-order valence-electron chi connectivity index (χ3n) is 5.27. The van der Waals surface area contributed by atoms with Crippen LogP contribution in [0.3, 0.4) is 0 Å². The van der Waals surface area contributed by atoms with Crippen molar-refractivity contribution < 1.29 is 19.2 Å². The monoisotopic (exact) mass is 410 g/mol. The summed E-state index contributed by atoms with van der Waals surface area (Å²) in [6, 6.07) is 11.5. The highest BCUT2D eigenvalue weighted by Gasteiger charge is 2.33. The summed E-state index contributed by atoms with van der Waals surface area (Å²) in [4.78, 5) is 51.7. The molecule has 1 aliphatic heterocycles. The molecule has 8 nitrogen and oxygen atoms in total. The Balaban J connectivity index is 1.66. The van der Waals surface area contributed by atoms with E-state index in [1.54, 1.807) is 12.4 Å². The van der Waals surface area contributed by atoms with Crippen LogP contribution in [-0.2, 0) is 32.3 Å². The standard InChI is InChI=1S/C22H26N4O4/c1-16(13-22(29)30-26-20(27)9-10-21(26)28)17(2)25(14-18-7-3-5-11-23-18)15-19-8-4-6-12-24-19/h3-8,11-12,16-17H,9-10,13-15H2,1-2H3. The molecule has 8 heteroatoms. The van der Waals surface area contributed by atoms with Gasteiger partial charge < -0.3 is 4.84 Å². The molecule has 3 rings (SSSR count). The minimum absolute atomic E-state index is 0.00783.